The molecule has 1 atom stereocenters. The topological polar surface area (TPSA) is 70.5 Å². The average Bonchev–Trinajstić information content (AvgIpc) is 2.76. The second kappa shape index (κ2) is 8.14. The summed E-state index contributed by atoms with van der Waals surface area (Å²) < 4.78 is 1.32. The molecule has 2 aromatic rings. The fourth-order valence-electron chi connectivity index (χ4n) is 4.05. The van der Waals surface area contributed by atoms with Gasteiger partial charge in [0.1, 0.15) is 0 Å². The van der Waals surface area contributed by atoms with E-state index in [2.05, 4.69) is 27.4 Å². The van der Waals surface area contributed by atoms with E-state index < -0.39 is 0 Å². The molecule has 28 heavy (non-hydrogen) atoms. The molecule has 7 heteroatoms. The molecule has 0 radical (unpaired) electrons. The predicted molar refractivity (Wildman–Crippen MR) is 109 cm³/mol. The zero-order valence-corrected chi connectivity index (χ0v) is 16.3. The standard InChI is InChI=1S/C21H27N5O2/c1-24-20(27)13-19(15-23-24)25-8-10-26(11-9-25)21(28)17-5-2-4-16(12-17)18-6-3-7-22-14-18/h2,4-5,12-13,15,18,22H,3,6-11,14H2,1H3/t18-/m0/s1. The molecule has 1 N–H and O–H groups in total. The van der Waals surface area contributed by atoms with Gasteiger partial charge in [0.05, 0.1) is 11.9 Å². The first kappa shape index (κ1) is 18.7. The molecule has 2 fully saturated rings. The number of nitrogens with one attached hydrogen (secondary N) is 1. The molecule has 2 saturated heterocycles. The number of carbonyl (C=O) groups excluding carboxylic acids is 1. The van der Waals surface area contributed by atoms with E-state index in [1.54, 1.807) is 19.3 Å². The molecule has 4 rings (SSSR count). The van der Waals surface area contributed by atoms with Crippen LogP contribution >= 0.6 is 0 Å². The fourth-order valence-corrected chi connectivity index (χ4v) is 4.05. The maximum atomic E-state index is 13.0. The normalized spacial score (nSPS) is 20.2. The molecule has 2 aliphatic rings. The zero-order chi connectivity index (χ0) is 19.5. The van der Waals surface area contributed by atoms with Crippen molar-refractivity contribution in [3.8, 4) is 0 Å². The van der Waals surface area contributed by atoms with Crippen LogP contribution in [0.15, 0.2) is 41.3 Å². The number of piperidine rings is 1. The highest BCUT2D eigenvalue weighted by Gasteiger charge is 2.24. The fraction of sp³-hybridized carbons (Fsp3) is 0.476. The number of amides is 1. The largest absolute Gasteiger partial charge is 0.367 e. The highest BCUT2D eigenvalue weighted by Crippen LogP contribution is 2.24. The minimum Gasteiger partial charge on any atom is -0.367 e. The summed E-state index contributed by atoms with van der Waals surface area (Å²) in [6.07, 6.45) is 4.07. The van der Waals surface area contributed by atoms with Crippen LogP contribution in [-0.4, -0.2) is 59.9 Å². The smallest absolute Gasteiger partial charge is 0.268 e. The predicted octanol–water partition coefficient (Wildman–Crippen LogP) is 1.21. The maximum Gasteiger partial charge on any atom is 0.268 e. The second-order valence-electron chi connectivity index (χ2n) is 7.62. The molecule has 0 saturated carbocycles. The van der Waals surface area contributed by atoms with Crippen molar-refractivity contribution in [1.29, 1.82) is 0 Å². The number of hydrogen-bond donors (Lipinski definition) is 1. The number of rotatable bonds is 3. The third kappa shape index (κ3) is 3.94. The van der Waals surface area contributed by atoms with Crippen LogP contribution in [0, 0.1) is 0 Å². The number of nitrogens with zero attached hydrogens (tertiary/aromatic N) is 4. The number of benzene rings is 1. The summed E-state index contributed by atoms with van der Waals surface area (Å²) >= 11 is 0. The van der Waals surface area contributed by atoms with E-state index in [-0.39, 0.29) is 11.5 Å². The first-order valence-electron chi connectivity index (χ1n) is 10.00. The Balaban J connectivity index is 1.41. The zero-order valence-electron chi connectivity index (χ0n) is 16.3. The van der Waals surface area contributed by atoms with E-state index in [0.29, 0.717) is 32.1 Å². The lowest BCUT2D eigenvalue weighted by molar-refractivity contribution is 0.0746. The third-order valence-electron chi connectivity index (χ3n) is 5.79. The number of anilines is 1. The van der Waals surface area contributed by atoms with E-state index in [9.17, 15) is 9.59 Å². The molecule has 2 aliphatic heterocycles. The van der Waals surface area contributed by atoms with Crippen LogP contribution in [0.1, 0.15) is 34.7 Å². The van der Waals surface area contributed by atoms with Crippen LogP contribution in [0.3, 0.4) is 0 Å². The molecule has 1 aromatic carbocycles. The number of carbonyl (C=O) groups is 1. The highest BCUT2D eigenvalue weighted by molar-refractivity contribution is 5.94. The Morgan fingerprint density at radius 1 is 1.18 bits per heavy atom. The van der Waals surface area contributed by atoms with Crippen molar-refractivity contribution >= 4 is 11.6 Å². The molecule has 3 heterocycles. The van der Waals surface area contributed by atoms with E-state index in [1.165, 1.54) is 23.1 Å². The van der Waals surface area contributed by atoms with Gasteiger partial charge in [0.15, 0.2) is 0 Å². The van der Waals surface area contributed by atoms with Crippen LogP contribution < -0.4 is 15.8 Å². The van der Waals surface area contributed by atoms with Crippen molar-refractivity contribution < 1.29 is 4.79 Å². The first-order valence-corrected chi connectivity index (χ1v) is 10.00. The summed E-state index contributed by atoms with van der Waals surface area (Å²) in [4.78, 5) is 28.8. The third-order valence-corrected chi connectivity index (χ3v) is 5.79. The summed E-state index contributed by atoms with van der Waals surface area (Å²) in [5.41, 5.74) is 2.72. The summed E-state index contributed by atoms with van der Waals surface area (Å²) in [7, 11) is 1.64. The summed E-state index contributed by atoms with van der Waals surface area (Å²) in [5, 5.41) is 7.53. The number of hydrogen-bond acceptors (Lipinski definition) is 5. The lowest BCUT2D eigenvalue weighted by atomic mass is 9.90. The van der Waals surface area contributed by atoms with Crippen LogP contribution in [0.5, 0.6) is 0 Å². The van der Waals surface area contributed by atoms with Gasteiger partial charge in [-0.1, -0.05) is 12.1 Å². The number of aryl methyl sites for hydroxylation is 1. The van der Waals surface area contributed by atoms with Crippen LogP contribution in [0.25, 0.3) is 0 Å². The van der Waals surface area contributed by atoms with Gasteiger partial charge in [0.2, 0.25) is 0 Å². The van der Waals surface area contributed by atoms with Crippen LogP contribution in [-0.2, 0) is 7.05 Å². The Bertz CT molecular complexity index is 896. The highest BCUT2D eigenvalue weighted by atomic mass is 16.2. The van der Waals surface area contributed by atoms with E-state index in [0.717, 1.165) is 24.3 Å². The number of aromatic nitrogens is 2. The SMILES string of the molecule is Cn1ncc(N2CCN(C(=O)c3cccc([C@H]4CCCNC4)c3)CC2)cc1=O. The Morgan fingerprint density at radius 3 is 2.71 bits per heavy atom. The summed E-state index contributed by atoms with van der Waals surface area (Å²) in [5.74, 6) is 0.582. The molecule has 0 bridgehead atoms. The van der Waals surface area contributed by atoms with Crippen molar-refractivity contribution in [3.05, 3.63) is 58.0 Å². The van der Waals surface area contributed by atoms with Crippen molar-refractivity contribution in [3.63, 3.8) is 0 Å². The van der Waals surface area contributed by atoms with E-state index in [4.69, 9.17) is 0 Å². The summed E-state index contributed by atoms with van der Waals surface area (Å²) in [6, 6.07) is 9.72. The molecule has 1 amide bonds. The van der Waals surface area contributed by atoms with Gasteiger partial charge < -0.3 is 15.1 Å². The molecular formula is C21H27N5O2. The molecule has 1 aromatic heterocycles. The molecular weight excluding hydrogens is 354 g/mol. The van der Waals surface area contributed by atoms with Crippen molar-refractivity contribution in [2.24, 2.45) is 7.05 Å². The second-order valence-corrected chi connectivity index (χ2v) is 7.62. The molecule has 0 aliphatic carbocycles. The summed E-state index contributed by atoms with van der Waals surface area (Å²) in [6.45, 7) is 4.76. The van der Waals surface area contributed by atoms with Gasteiger partial charge in [-0.2, -0.15) is 5.10 Å². The minimum atomic E-state index is -0.120. The van der Waals surface area contributed by atoms with E-state index in [1.807, 2.05) is 17.0 Å². The minimum absolute atomic E-state index is 0.0902. The Kier molecular flexibility index (Phi) is 5.43. The van der Waals surface area contributed by atoms with Gasteiger partial charge in [0, 0.05) is 51.4 Å². The first-order chi connectivity index (χ1) is 13.6. The molecule has 0 spiro atoms. The Labute approximate surface area is 165 Å². The van der Waals surface area contributed by atoms with Crippen molar-refractivity contribution in [2.45, 2.75) is 18.8 Å². The van der Waals surface area contributed by atoms with Crippen LogP contribution in [0.4, 0.5) is 5.69 Å². The lowest BCUT2D eigenvalue weighted by Gasteiger charge is -2.36. The van der Waals surface area contributed by atoms with Crippen molar-refractivity contribution in [1.82, 2.24) is 20.0 Å². The van der Waals surface area contributed by atoms with Gasteiger partial charge in [-0.05, 0) is 43.0 Å². The van der Waals surface area contributed by atoms with Crippen LogP contribution in [0.2, 0.25) is 0 Å². The molecule has 0 unspecified atom stereocenters. The lowest BCUT2D eigenvalue weighted by Crippen LogP contribution is -2.49. The average molecular weight is 381 g/mol. The van der Waals surface area contributed by atoms with Gasteiger partial charge in [-0.15, -0.1) is 0 Å². The Morgan fingerprint density at radius 2 is 2.00 bits per heavy atom. The van der Waals surface area contributed by atoms with Gasteiger partial charge >= 0.3 is 0 Å². The monoisotopic (exact) mass is 381 g/mol. The molecule has 7 nitrogen and oxygen atoms in total. The van der Waals surface area contributed by atoms with Gasteiger partial charge in [-0.25, -0.2) is 4.68 Å². The maximum absolute atomic E-state index is 13.0. The van der Waals surface area contributed by atoms with Gasteiger partial charge in [0.25, 0.3) is 11.5 Å². The van der Waals surface area contributed by atoms with Gasteiger partial charge in [-0.3, -0.25) is 9.59 Å². The quantitative estimate of drug-likeness (QED) is 0.865. The van der Waals surface area contributed by atoms with E-state index >= 15 is 0 Å². The Hall–Kier alpha value is -2.67. The number of piperazine rings is 1. The van der Waals surface area contributed by atoms with Crippen molar-refractivity contribution in [2.75, 3.05) is 44.2 Å². The molecule has 148 valence electrons.